The van der Waals surface area contributed by atoms with Gasteiger partial charge in [0.2, 0.25) is 0 Å². The first-order valence-corrected chi connectivity index (χ1v) is 13.6. The minimum atomic E-state index is -0.823. The fourth-order valence-electron chi connectivity index (χ4n) is 5.17. The van der Waals surface area contributed by atoms with Crippen LogP contribution in [0.25, 0.3) is 22.3 Å². The lowest BCUT2D eigenvalue weighted by molar-refractivity contribution is -0.000225. The molecular formula is C33H37F3O. The number of halogens is 3. The van der Waals surface area contributed by atoms with Gasteiger partial charge in [0.15, 0.2) is 11.6 Å². The Morgan fingerprint density at radius 2 is 1.59 bits per heavy atom. The molecule has 2 unspecified atom stereocenters. The van der Waals surface area contributed by atoms with Crippen molar-refractivity contribution < 1.29 is 17.9 Å². The van der Waals surface area contributed by atoms with Crippen molar-refractivity contribution in [3.63, 3.8) is 0 Å². The lowest BCUT2D eigenvalue weighted by Crippen LogP contribution is -2.24. The fourth-order valence-corrected chi connectivity index (χ4v) is 5.17. The van der Waals surface area contributed by atoms with Gasteiger partial charge in [-0.05, 0) is 73.8 Å². The molecule has 3 aromatic carbocycles. The van der Waals surface area contributed by atoms with Gasteiger partial charge in [-0.1, -0.05) is 80.4 Å². The van der Waals surface area contributed by atoms with Gasteiger partial charge in [0.05, 0.1) is 12.7 Å². The number of unbranched alkanes of at least 4 members (excludes halogenated alkanes) is 2. The Morgan fingerprint density at radius 1 is 0.865 bits per heavy atom. The lowest BCUT2D eigenvalue weighted by atomic mass is 9.89. The highest BCUT2D eigenvalue weighted by Crippen LogP contribution is 2.34. The molecule has 0 saturated carbocycles. The van der Waals surface area contributed by atoms with Crippen LogP contribution in [-0.4, -0.2) is 12.7 Å². The van der Waals surface area contributed by atoms with Crippen molar-refractivity contribution in [2.75, 3.05) is 6.61 Å². The first kappa shape index (κ1) is 27.2. The predicted molar refractivity (Wildman–Crippen MR) is 146 cm³/mol. The van der Waals surface area contributed by atoms with E-state index in [1.807, 2.05) is 19.1 Å². The second kappa shape index (κ2) is 13.1. The summed E-state index contributed by atoms with van der Waals surface area (Å²) in [5.74, 6) is -1.67. The third-order valence-corrected chi connectivity index (χ3v) is 7.44. The smallest absolute Gasteiger partial charge is 0.166 e. The maximum atomic E-state index is 15.1. The van der Waals surface area contributed by atoms with Gasteiger partial charge in [-0.25, -0.2) is 13.2 Å². The first-order chi connectivity index (χ1) is 18.0. The second-order valence-electron chi connectivity index (χ2n) is 10.0. The third kappa shape index (κ3) is 6.73. The zero-order valence-corrected chi connectivity index (χ0v) is 21.9. The van der Waals surface area contributed by atoms with Gasteiger partial charge in [0.25, 0.3) is 0 Å². The van der Waals surface area contributed by atoms with E-state index in [2.05, 4.69) is 19.1 Å². The molecule has 1 heterocycles. The Kier molecular flexibility index (Phi) is 9.62. The summed E-state index contributed by atoms with van der Waals surface area (Å²) in [6.45, 7) is 4.73. The molecule has 0 bridgehead atoms. The number of allylic oxidation sites excluding steroid dienone is 2. The summed E-state index contributed by atoms with van der Waals surface area (Å²) in [6.07, 6.45) is 12.0. The molecule has 0 amide bonds. The van der Waals surface area contributed by atoms with Crippen LogP contribution in [0, 0.1) is 17.5 Å². The van der Waals surface area contributed by atoms with Crippen molar-refractivity contribution >= 4 is 0 Å². The zero-order valence-electron chi connectivity index (χ0n) is 21.9. The normalized spacial score (nSPS) is 18.0. The number of hydrogen-bond acceptors (Lipinski definition) is 1. The highest BCUT2D eigenvalue weighted by atomic mass is 19.2. The van der Waals surface area contributed by atoms with Crippen molar-refractivity contribution in [2.45, 2.75) is 77.2 Å². The number of rotatable bonds is 10. The summed E-state index contributed by atoms with van der Waals surface area (Å²) < 4.78 is 50.6. The SMILES string of the molecule is CC=CCCC1CCC(c2ccc(-c3ccc(-c4ccc(CCCCC)c(F)c4F)cc3)c(F)c2)CO1. The van der Waals surface area contributed by atoms with Crippen LogP contribution >= 0.6 is 0 Å². The molecular weight excluding hydrogens is 469 g/mol. The standard InChI is InChI=1S/C33H37F3O/c1-3-5-7-9-25-16-20-30(33(36)32(25)35)24-13-11-23(12-14-24)29-19-17-26(21-31(29)34)27-15-18-28(37-22-27)10-8-6-4-2/h4,6,11-14,16-17,19-21,27-28H,3,5,7-10,15,18,22H2,1-2H3. The minimum absolute atomic E-state index is 0.201. The summed E-state index contributed by atoms with van der Waals surface area (Å²) in [5, 5.41) is 0. The average molecular weight is 507 g/mol. The van der Waals surface area contributed by atoms with Crippen molar-refractivity contribution in [3.05, 3.63) is 95.3 Å². The maximum Gasteiger partial charge on any atom is 0.166 e. The molecule has 1 aliphatic rings. The van der Waals surface area contributed by atoms with Gasteiger partial charge >= 0.3 is 0 Å². The van der Waals surface area contributed by atoms with Crippen LogP contribution in [-0.2, 0) is 11.2 Å². The van der Waals surface area contributed by atoms with E-state index in [0.29, 0.717) is 35.3 Å². The summed E-state index contributed by atoms with van der Waals surface area (Å²) >= 11 is 0. The molecule has 1 nitrogen and oxygen atoms in total. The largest absolute Gasteiger partial charge is 0.378 e. The molecule has 0 aliphatic carbocycles. The highest BCUT2D eigenvalue weighted by Gasteiger charge is 2.23. The van der Waals surface area contributed by atoms with E-state index in [-0.39, 0.29) is 23.4 Å². The number of ether oxygens (including phenoxy) is 1. The summed E-state index contributed by atoms with van der Waals surface area (Å²) in [7, 11) is 0. The van der Waals surface area contributed by atoms with E-state index < -0.39 is 11.6 Å². The fraction of sp³-hybridized carbons (Fsp3) is 0.394. The molecule has 2 atom stereocenters. The van der Waals surface area contributed by atoms with Crippen LogP contribution in [0.5, 0.6) is 0 Å². The van der Waals surface area contributed by atoms with E-state index in [9.17, 15) is 8.78 Å². The van der Waals surface area contributed by atoms with E-state index in [1.165, 1.54) is 0 Å². The Morgan fingerprint density at radius 3 is 2.24 bits per heavy atom. The first-order valence-electron chi connectivity index (χ1n) is 13.6. The molecule has 0 aromatic heterocycles. The molecule has 37 heavy (non-hydrogen) atoms. The van der Waals surface area contributed by atoms with E-state index in [0.717, 1.165) is 50.5 Å². The monoisotopic (exact) mass is 506 g/mol. The molecule has 4 heteroatoms. The van der Waals surface area contributed by atoms with Crippen LogP contribution in [0.2, 0.25) is 0 Å². The van der Waals surface area contributed by atoms with Crippen LogP contribution < -0.4 is 0 Å². The van der Waals surface area contributed by atoms with E-state index >= 15 is 4.39 Å². The molecule has 1 saturated heterocycles. The van der Waals surface area contributed by atoms with Crippen molar-refractivity contribution in [1.29, 1.82) is 0 Å². The van der Waals surface area contributed by atoms with Gasteiger partial charge in [-0.15, -0.1) is 0 Å². The molecule has 1 aliphatic heterocycles. The average Bonchev–Trinajstić information content (AvgIpc) is 2.92. The van der Waals surface area contributed by atoms with Gasteiger partial charge in [-0.3, -0.25) is 0 Å². The van der Waals surface area contributed by atoms with Crippen LogP contribution in [0.3, 0.4) is 0 Å². The van der Waals surface area contributed by atoms with Gasteiger partial charge in [-0.2, -0.15) is 0 Å². The lowest BCUT2D eigenvalue weighted by Gasteiger charge is -2.29. The van der Waals surface area contributed by atoms with Crippen LogP contribution in [0.1, 0.15) is 75.8 Å². The Balaban J connectivity index is 1.43. The summed E-state index contributed by atoms with van der Waals surface area (Å²) in [6, 6.07) is 15.7. The number of benzene rings is 3. The topological polar surface area (TPSA) is 9.23 Å². The zero-order chi connectivity index (χ0) is 26.2. The Labute approximate surface area is 219 Å². The third-order valence-electron chi connectivity index (χ3n) is 7.44. The number of hydrogen-bond donors (Lipinski definition) is 0. The molecule has 3 aromatic rings. The van der Waals surface area contributed by atoms with E-state index in [1.54, 1.807) is 42.5 Å². The maximum absolute atomic E-state index is 15.1. The van der Waals surface area contributed by atoms with E-state index in [4.69, 9.17) is 4.74 Å². The predicted octanol–water partition coefficient (Wildman–Crippen LogP) is 9.79. The molecule has 4 rings (SSSR count). The summed E-state index contributed by atoms with van der Waals surface area (Å²) in [4.78, 5) is 0. The Bertz CT molecular complexity index is 1190. The molecule has 0 spiro atoms. The molecule has 0 N–H and O–H groups in total. The number of aryl methyl sites for hydroxylation is 1. The quantitative estimate of drug-likeness (QED) is 0.196. The van der Waals surface area contributed by atoms with Crippen molar-refractivity contribution in [2.24, 2.45) is 0 Å². The van der Waals surface area contributed by atoms with Crippen LogP contribution in [0.15, 0.2) is 66.7 Å². The van der Waals surface area contributed by atoms with Crippen molar-refractivity contribution in [1.82, 2.24) is 0 Å². The van der Waals surface area contributed by atoms with Crippen molar-refractivity contribution in [3.8, 4) is 22.3 Å². The van der Waals surface area contributed by atoms with Gasteiger partial charge in [0.1, 0.15) is 5.82 Å². The molecule has 196 valence electrons. The highest BCUT2D eigenvalue weighted by molar-refractivity contribution is 5.71. The van der Waals surface area contributed by atoms with Crippen LogP contribution in [0.4, 0.5) is 13.2 Å². The molecule has 1 fully saturated rings. The summed E-state index contributed by atoms with van der Waals surface area (Å²) in [5.41, 5.74) is 3.37. The van der Waals surface area contributed by atoms with Gasteiger partial charge in [0, 0.05) is 17.0 Å². The van der Waals surface area contributed by atoms with Gasteiger partial charge < -0.3 is 4.74 Å². The second-order valence-corrected chi connectivity index (χ2v) is 10.0. The molecule has 0 radical (unpaired) electrons. The minimum Gasteiger partial charge on any atom is -0.378 e. The Hall–Kier alpha value is -2.85.